The smallest absolute Gasteiger partial charge is 0.270 e. The molecule has 39 heavy (non-hydrogen) atoms. The van der Waals surface area contributed by atoms with Crippen LogP contribution in [0.5, 0.6) is 0 Å². The van der Waals surface area contributed by atoms with Crippen LogP contribution in [0.15, 0.2) is 73.2 Å². The SMILES string of the molecule is Cc1ccc(NC(=O)c2cccc(C(C)(C)C#N)c2)cc1-c1cncc(-c2ccnc(C(=O)NC3CC3)c2)n1. The zero-order valence-electron chi connectivity index (χ0n) is 22.0. The molecular weight excluding hydrogens is 488 g/mol. The van der Waals surface area contributed by atoms with E-state index in [-0.39, 0.29) is 17.9 Å². The molecule has 2 amide bonds. The lowest BCUT2D eigenvalue weighted by molar-refractivity contribution is 0.0945. The van der Waals surface area contributed by atoms with Crippen molar-refractivity contribution in [1.29, 1.82) is 5.26 Å². The van der Waals surface area contributed by atoms with E-state index in [4.69, 9.17) is 4.98 Å². The first-order chi connectivity index (χ1) is 18.7. The average Bonchev–Trinajstić information content (AvgIpc) is 3.78. The van der Waals surface area contributed by atoms with Gasteiger partial charge in [-0.05, 0) is 81.1 Å². The fourth-order valence-electron chi connectivity index (χ4n) is 4.13. The summed E-state index contributed by atoms with van der Waals surface area (Å²) in [7, 11) is 0. The van der Waals surface area contributed by atoms with Gasteiger partial charge >= 0.3 is 0 Å². The van der Waals surface area contributed by atoms with E-state index < -0.39 is 5.41 Å². The summed E-state index contributed by atoms with van der Waals surface area (Å²) in [4.78, 5) is 38.9. The molecule has 8 nitrogen and oxygen atoms in total. The van der Waals surface area contributed by atoms with Crippen molar-refractivity contribution >= 4 is 17.5 Å². The Labute approximate surface area is 227 Å². The number of rotatable bonds is 7. The number of aromatic nitrogens is 3. The van der Waals surface area contributed by atoms with Crippen molar-refractivity contribution in [1.82, 2.24) is 20.3 Å². The summed E-state index contributed by atoms with van der Waals surface area (Å²) in [6.45, 7) is 5.61. The first-order valence-corrected chi connectivity index (χ1v) is 12.8. The first kappa shape index (κ1) is 25.7. The van der Waals surface area contributed by atoms with Gasteiger partial charge in [0.15, 0.2) is 0 Å². The predicted octanol–water partition coefficient (Wildman–Crippen LogP) is 5.46. The van der Waals surface area contributed by atoms with Crippen LogP contribution >= 0.6 is 0 Å². The molecule has 194 valence electrons. The van der Waals surface area contributed by atoms with Crippen LogP contribution in [0.3, 0.4) is 0 Å². The van der Waals surface area contributed by atoms with Gasteiger partial charge in [-0.1, -0.05) is 18.2 Å². The lowest BCUT2D eigenvalue weighted by Gasteiger charge is -2.16. The van der Waals surface area contributed by atoms with E-state index >= 15 is 0 Å². The summed E-state index contributed by atoms with van der Waals surface area (Å²) >= 11 is 0. The molecule has 0 unspecified atom stereocenters. The number of carbonyl (C=O) groups excluding carboxylic acids is 2. The van der Waals surface area contributed by atoms with E-state index in [9.17, 15) is 14.9 Å². The van der Waals surface area contributed by atoms with Crippen LogP contribution in [0.1, 0.15) is 58.7 Å². The maximum absolute atomic E-state index is 13.1. The highest BCUT2D eigenvalue weighted by atomic mass is 16.2. The average molecular weight is 517 g/mol. The Balaban J connectivity index is 1.39. The first-order valence-electron chi connectivity index (χ1n) is 12.8. The minimum Gasteiger partial charge on any atom is -0.348 e. The van der Waals surface area contributed by atoms with Gasteiger partial charge < -0.3 is 10.6 Å². The van der Waals surface area contributed by atoms with E-state index in [1.165, 1.54) is 0 Å². The van der Waals surface area contributed by atoms with Crippen molar-refractivity contribution in [2.24, 2.45) is 0 Å². The Bertz CT molecular complexity index is 1620. The van der Waals surface area contributed by atoms with Gasteiger partial charge in [0, 0.05) is 34.6 Å². The summed E-state index contributed by atoms with van der Waals surface area (Å²) in [5.74, 6) is -0.460. The number of aryl methyl sites for hydroxylation is 1. The minimum absolute atomic E-state index is 0.190. The van der Waals surface area contributed by atoms with Gasteiger partial charge in [-0.2, -0.15) is 5.26 Å². The van der Waals surface area contributed by atoms with Crippen LogP contribution in [0.25, 0.3) is 22.5 Å². The molecule has 2 heterocycles. The van der Waals surface area contributed by atoms with Gasteiger partial charge in [0.05, 0.1) is 35.3 Å². The minimum atomic E-state index is -0.701. The maximum atomic E-state index is 13.1. The molecule has 0 atom stereocenters. The molecule has 4 aromatic rings. The third-order valence-electron chi connectivity index (χ3n) is 6.73. The topological polar surface area (TPSA) is 121 Å². The fourth-order valence-corrected chi connectivity index (χ4v) is 4.13. The molecule has 1 aliphatic rings. The monoisotopic (exact) mass is 516 g/mol. The van der Waals surface area contributed by atoms with Crippen molar-refractivity contribution in [3.05, 3.63) is 95.6 Å². The number of hydrogen-bond acceptors (Lipinski definition) is 6. The summed E-state index contributed by atoms with van der Waals surface area (Å²) in [6.07, 6.45) is 6.93. The van der Waals surface area contributed by atoms with Crippen molar-refractivity contribution in [3.63, 3.8) is 0 Å². The van der Waals surface area contributed by atoms with Gasteiger partial charge in [0.2, 0.25) is 0 Å². The Kier molecular flexibility index (Phi) is 6.90. The molecule has 0 saturated heterocycles. The predicted molar refractivity (Wildman–Crippen MR) is 149 cm³/mol. The summed E-state index contributed by atoms with van der Waals surface area (Å²) < 4.78 is 0. The highest BCUT2D eigenvalue weighted by Gasteiger charge is 2.24. The van der Waals surface area contributed by atoms with Crippen LogP contribution < -0.4 is 10.6 Å². The number of carbonyl (C=O) groups is 2. The van der Waals surface area contributed by atoms with Gasteiger partial charge in [-0.3, -0.25) is 19.6 Å². The van der Waals surface area contributed by atoms with Gasteiger partial charge in [-0.15, -0.1) is 0 Å². The number of hydrogen-bond donors (Lipinski definition) is 2. The number of amides is 2. The zero-order chi connectivity index (χ0) is 27.6. The quantitative estimate of drug-likeness (QED) is 0.336. The van der Waals surface area contributed by atoms with Crippen molar-refractivity contribution in [2.45, 2.75) is 45.1 Å². The van der Waals surface area contributed by atoms with E-state index in [1.807, 2.05) is 45.0 Å². The summed E-state index contributed by atoms with van der Waals surface area (Å²) in [6, 6.07) is 18.8. The molecule has 2 N–H and O–H groups in total. The molecule has 1 aliphatic carbocycles. The molecule has 5 rings (SSSR count). The number of benzene rings is 2. The standard InChI is InChI=1S/C31H28N6O2/c1-19-7-8-24(36-29(38)21-5-4-6-22(13-21)31(2,3)18-32)15-25(19)28-17-33-16-27(37-28)20-11-12-34-26(14-20)30(39)35-23-9-10-23/h4-8,11-17,23H,9-10H2,1-3H3,(H,35,39)(H,36,38). The molecule has 0 bridgehead atoms. The molecule has 1 fully saturated rings. The number of nitrogens with zero attached hydrogens (tertiary/aromatic N) is 4. The number of pyridine rings is 1. The highest BCUT2D eigenvalue weighted by Crippen LogP contribution is 2.28. The van der Waals surface area contributed by atoms with Crippen molar-refractivity contribution < 1.29 is 9.59 Å². The van der Waals surface area contributed by atoms with Gasteiger partial charge in [-0.25, -0.2) is 4.98 Å². The molecule has 1 saturated carbocycles. The highest BCUT2D eigenvalue weighted by molar-refractivity contribution is 6.04. The molecule has 2 aromatic heterocycles. The lowest BCUT2D eigenvalue weighted by atomic mass is 9.85. The van der Waals surface area contributed by atoms with E-state index in [0.717, 1.165) is 35.1 Å². The normalized spacial score (nSPS) is 12.9. The summed E-state index contributed by atoms with van der Waals surface area (Å²) in [5.41, 5.74) is 5.28. The Morgan fingerprint density at radius 1 is 1.00 bits per heavy atom. The third kappa shape index (κ3) is 5.83. The fraction of sp³-hybridized carbons (Fsp3) is 0.226. The van der Waals surface area contributed by atoms with E-state index in [0.29, 0.717) is 28.3 Å². The lowest BCUT2D eigenvalue weighted by Crippen LogP contribution is -2.26. The van der Waals surface area contributed by atoms with Crippen molar-refractivity contribution in [3.8, 4) is 28.6 Å². The second kappa shape index (κ2) is 10.5. The molecule has 8 heteroatoms. The summed E-state index contributed by atoms with van der Waals surface area (Å²) in [5, 5.41) is 15.4. The van der Waals surface area contributed by atoms with Gasteiger partial charge in [0.1, 0.15) is 5.69 Å². The van der Waals surface area contributed by atoms with Gasteiger partial charge in [0.25, 0.3) is 11.8 Å². The zero-order valence-corrected chi connectivity index (χ0v) is 22.0. The van der Waals surface area contributed by atoms with E-state index in [1.54, 1.807) is 48.9 Å². The third-order valence-corrected chi connectivity index (χ3v) is 6.73. The Hall–Kier alpha value is -4.90. The molecule has 2 aromatic carbocycles. The van der Waals surface area contributed by atoms with Crippen LogP contribution in [-0.4, -0.2) is 32.8 Å². The second-order valence-electron chi connectivity index (χ2n) is 10.3. The molecule has 0 spiro atoms. The molecular formula is C31H28N6O2. The number of nitrogens with one attached hydrogen (secondary N) is 2. The van der Waals surface area contributed by atoms with Crippen LogP contribution in [0.2, 0.25) is 0 Å². The van der Waals surface area contributed by atoms with E-state index in [2.05, 4.69) is 26.7 Å². The molecule has 0 aliphatic heterocycles. The van der Waals surface area contributed by atoms with Crippen LogP contribution in [0.4, 0.5) is 5.69 Å². The van der Waals surface area contributed by atoms with Crippen LogP contribution in [0, 0.1) is 18.3 Å². The maximum Gasteiger partial charge on any atom is 0.270 e. The van der Waals surface area contributed by atoms with Crippen molar-refractivity contribution in [2.75, 3.05) is 5.32 Å². The Morgan fingerprint density at radius 2 is 1.79 bits per heavy atom. The number of nitriles is 1. The van der Waals surface area contributed by atoms with Crippen LogP contribution in [-0.2, 0) is 5.41 Å². The molecule has 0 radical (unpaired) electrons. The second-order valence-corrected chi connectivity index (χ2v) is 10.3. The number of anilines is 1. The Morgan fingerprint density at radius 3 is 2.56 bits per heavy atom. The largest absolute Gasteiger partial charge is 0.348 e.